The molecule has 0 unspecified atom stereocenters. The average Bonchev–Trinajstić information content (AvgIpc) is 2.75. The molecule has 2 fully saturated rings. The monoisotopic (exact) mass is 366 g/mol. The summed E-state index contributed by atoms with van der Waals surface area (Å²) in [6.45, 7) is 3.45. The van der Waals surface area contributed by atoms with Crippen LogP contribution in [0.3, 0.4) is 0 Å². The van der Waals surface area contributed by atoms with Crippen LogP contribution in [-0.2, 0) is 0 Å². The molecule has 4 rings (SSSR count). The van der Waals surface area contributed by atoms with E-state index in [0.717, 1.165) is 50.7 Å². The van der Waals surface area contributed by atoms with Crippen molar-refractivity contribution in [3.8, 4) is 0 Å². The van der Waals surface area contributed by atoms with Gasteiger partial charge in [0.15, 0.2) is 0 Å². The Balaban J connectivity index is 1.37. The van der Waals surface area contributed by atoms with E-state index in [1.165, 1.54) is 25.6 Å². The largest absolute Gasteiger partial charge is 0.353 e. The number of aromatic nitrogens is 3. The third-order valence-corrected chi connectivity index (χ3v) is 5.40. The van der Waals surface area contributed by atoms with Gasteiger partial charge >= 0.3 is 0 Å². The molecular weight excluding hydrogens is 340 g/mol. The average molecular weight is 366 g/mol. The van der Waals surface area contributed by atoms with Crippen molar-refractivity contribution >= 4 is 17.5 Å². The summed E-state index contributed by atoms with van der Waals surface area (Å²) in [7, 11) is 0. The second-order valence-electron chi connectivity index (χ2n) is 7.23. The van der Waals surface area contributed by atoms with Gasteiger partial charge in [0.1, 0.15) is 23.7 Å². The highest BCUT2D eigenvalue weighted by Gasteiger charge is 2.21. The first kappa shape index (κ1) is 17.7. The summed E-state index contributed by atoms with van der Waals surface area (Å²) >= 11 is 0. The van der Waals surface area contributed by atoms with E-state index < -0.39 is 0 Å². The molecule has 0 atom stereocenters. The Hall–Kier alpha value is -2.70. The molecule has 27 heavy (non-hydrogen) atoms. The Kier molecular flexibility index (Phi) is 5.46. The van der Waals surface area contributed by atoms with Crippen LogP contribution in [0.1, 0.15) is 42.6 Å². The quantitative estimate of drug-likeness (QED) is 0.895. The Morgan fingerprint density at radius 3 is 2.37 bits per heavy atom. The number of hydrogen-bond donors (Lipinski definition) is 1. The minimum atomic E-state index is -0.0855. The minimum absolute atomic E-state index is 0.0855. The van der Waals surface area contributed by atoms with E-state index in [0.29, 0.717) is 5.69 Å². The molecule has 0 spiro atoms. The van der Waals surface area contributed by atoms with Gasteiger partial charge in [0.25, 0.3) is 5.91 Å². The summed E-state index contributed by atoms with van der Waals surface area (Å²) in [6, 6.07) is 8.08. The lowest BCUT2D eigenvalue weighted by Crippen LogP contribution is -2.47. The lowest BCUT2D eigenvalue weighted by Gasteiger charge is -2.36. The number of carbonyl (C=O) groups is 1. The topological polar surface area (TPSA) is 74.2 Å². The standard InChI is InChI=1S/C20H26N6O/c27-20(24-16-6-2-1-3-7-16)17-14-19(23-15-22-17)26-12-10-25(11-13-26)18-8-4-5-9-21-18/h4-5,8-9,14-16H,1-3,6-7,10-13H2,(H,24,27). The molecule has 1 aliphatic carbocycles. The van der Waals surface area contributed by atoms with Crippen molar-refractivity contribution in [1.29, 1.82) is 0 Å². The Morgan fingerprint density at radius 2 is 1.67 bits per heavy atom. The maximum absolute atomic E-state index is 12.5. The fraction of sp³-hybridized carbons (Fsp3) is 0.500. The number of carbonyl (C=O) groups excluding carboxylic acids is 1. The lowest BCUT2D eigenvalue weighted by atomic mass is 9.95. The van der Waals surface area contributed by atoms with Crippen LogP contribution >= 0.6 is 0 Å². The third kappa shape index (κ3) is 4.35. The molecule has 7 nitrogen and oxygen atoms in total. The van der Waals surface area contributed by atoms with E-state index in [4.69, 9.17) is 0 Å². The molecule has 1 N–H and O–H groups in total. The zero-order chi connectivity index (χ0) is 18.5. The number of nitrogens with zero attached hydrogens (tertiary/aromatic N) is 5. The van der Waals surface area contributed by atoms with Crippen LogP contribution < -0.4 is 15.1 Å². The second kappa shape index (κ2) is 8.33. The maximum Gasteiger partial charge on any atom is 0.270 e. The molecule has 0 aromatic carbocycles. The number of piperazine rings is 1. The summed E-state index contributed by atoms with van der Waals surface area (Å²) in [5, 5.41) is 3.13. The Labute approximate surface area is 159 Å². The predicted octanol–water partition coefficient (Wildman–Crippen LogP) is 2.26. The van der Waals surface area contributed by atoms with Gasteiger partial charge in [0, 0.05) is 44.5 Å². The van der Waals surface area contributed by atoms with Crippen LogP contribution in [0.2, 0.25) is 0 Å². The molecule has 2 aliphatic rings. The Bertz CT molecular complexity index is 754. The van der Waals surface area contributed by atoms with Gasteiger partial charge in [0.2, 0.25) is 0 Å². The smallest absolute Gasteiger partial charge is 0.270 e. The van der Waals surface area contributed by atoms with Crippen LogP contribution in [0.5, 0.6) is 0 Å². The number of amides is 1. The molecule has 1 aliphatic heterocycles. The first-order chi connectivity index (χ1) is 13.3. The van der Waals surface area contributed by atoms with Gasteiger partial charge in [-0.15, -0.1) is 0 Å². The van der Waals surface area contributed by atoms with Crippen LogP contribution in [0.25, 0.3) is 0 Å². The summed E-state index contributed by atoms with van der Waals surface area (Å²) in [4.78, 5) is 30.0. The minimum Gasteiger partial charge on any atom is -0.353 e. The predicted molar refractivity (Wildman–Crippen MR) is 105 cm³/mol. The van der Waals surface area contributed by atoms with Gasteiger partial charge in [-0.05, 0) is 25.0 Å². The van der Waals surface area contributed by atoms with Gasteiger partial charge in [-0.2, -0.15) is 0 Å². The zero-order valence-corrected chi connectivity index (χ0v) is 15.5. The number of pyridine rings is 1. The fourth-order valence-corrected chi connectivity index (χ4v) is 3.86. The van der Waals surface area contributed by atoms with Crippen molar-refractivity contribution in [3.05, 3.63) is 42.5 Å². The van der Waals surface area contributed by atoms with Crippen molar-refractivity contribution in [1.82, 2.24) is 20.3 Å². The molecule has 2 aromatic heterocycles. The molecular formula is C20H26N6O. The number of rotatable bonds is 4. The summed E-state index contributed by atoms with van der Waals surface area (Å²) in [6.07, 6.45) is 9.12. The normalized spacial score (nSPS) is 18.4. The van der Waals surface area contributed by atoms with Gasteiger partial charge in [-0.1, -0.05) is 25.3 Å². The Morgan fingerprint density at radius 1 is 0.926 bits per heavy atom. The van der Waals surface area contributed by atoms with Crippen molar-refractivity contribution < 1.29 is 4.79 Å². The van der Waals surface area contributed by atoms with Crippen LogP contribution in [0.4, 0.5) is 11.6 Å². The third-order valence-electron chi connectivity index (χ3n) is 5.40. The van der Waals surface area contributed by atoms with E-state index in [9.17, 15) is 4.79 Å². The zero-order valence-electron chi connectivity index (χ0n) is 15.5. The molecule has 1 amide bonds. The van der Waals surface area contributed by atoms with Gasteiger partial charge in [-0.25, -0.2) is 15.0 Å². The van der Waals surface area contributed by atoms with Crippen molar-refractivity contribution in [2.45, 2.75) is 38.1 Å². The number of anilines is 2. The summed E-state index contributed by atoms with van der Waals surface area (Å²) in [5.74, 6) is 1.74. The van der Waals surface area contributed by atoms with Crippen molar-refractivity contribution in [2.24, 2.45) is 0 Å². The molecule has 142 valence electrons. The highest BCUT2D eigenvalue weighted by atomic mass is 16.1. The van der Waals surface area contributed by atoms with Gasteiger partial charge in [-0.3, -0.25) is 4.79 Å². The number of nitrogens with one attached hydrogen (secondary N) is 1. The van der Waals surface area contributed by atoms with Crippen molar-refractivity contribution in [3.63, 3.8) is 0 Å². The molecule has 3 heterocycles. The van der Waals surface area contributed by atoms with Gasteiger partial charge in [0.05, 0.1) is 0 Å². The van der Waals surface area contributed by atoms with E-state index in [1.54, 1.807) is 0 Å². The van der Waals surface area contributed by atoms with Crippen molar-refractivity contribution in [2.75, 3.05) is 36.0 Å². The summed E-state index contributed by atoms with van der Waals surface area (Å²) < 4.78 is 0. The van der Waals surface area contributed by atoms with E-state index >= 15 is 0 Å². The lowest BCUT2D eigenvalue weighted by molar-refractivity contribution is 0.0922. The van der Waals surface area contributed by atoms with Crippen LogP contribution in [0.15, 0.2) is 36.8 Å². The molecule has 1 saturated heterocycles. The molecule has 0 radical (unpaired) electrons. The number of hydrogen-bond acceptors (Lipinski definition) is 6. The maximum atomic E-state index is 12.5. The second-order valence-corrected chi connectivity index (χ2v) is 7.23. The molecule has 0 bridgehead atoms. The molecule has 2 aromatic rings. The highest BCUT2D eigenvalue weighted by molar-refractivity contribution is 5.93. The molecule has 1 saturated carbocycles. The van der Waals surface area contributed by atoms with Crippen LogP contribution in [0, 0.1) is 0 Å². The van der Waals surface area contributed by atoms with Gasteiger partial charge < -0.3 is 15.1 Å². The van der Waals surface area contributed by atoms with E-state index in [-0.39, 0.29) is 11.9 Å². The first-order valence-electron chi connectivity index (χ1n) is 9.83. The van der Waals surface area contributed by atoms with Crippen LogP contribution in [-0.4, -0.2) is 53.1 Å². The summed E-state index contributed by atoms with van der Waals surface area (Å²) in [5.41, 5.74) is 0.456. The fourth-order valence-electron chi connectivity index (χ4n) is 3.86. The highest BCUT2D eigenvalue weighted by Crippen LogP contribution is 2.19. The van der Waals surface area contributed by atoms with E-state index in [1.807, 2.05) is 30.5 Å². The SMILES string of the molecule is O=C(NC1CCCCC1)c1cc(N2CCN(c3ccccn3)CC2)ncn1. The first-order valence-corrected chi connectivity index (χ1v) is 9.83. The molecule has 7 heteroatoms. The van der Waals surface area contributed by atoms with E-state index in [2.05, 4.69) is 30.1 Å².